The molecule has 0 atom stereocenters. The number of furan rings is 2. The van der Waals surface area contributed by atoms with Crippen molar-refractivity contribution in [3.63, 3.8) is 0 Å². The fraction of sp³-hybridized carbons (Fsp3) is 0.194. The first-order chi connectivity index (χ1) is 19.3. The second-order valence-electron chi connectivity index (χ2n) is 11.0. The van der Waals surface area contributed by atoms with Gasteiger partial charge in [0.05, 0.1) is 5.69 Å². The van der Waals surface area contributed by atoms with Crippen molar-refractivity contribution in [1.29, 1.82) is 0 Å². The lowest BCUT2D eigenvalue weighted by Gasteiger charge is -2.21. The lowest BCUT2D eigenvalue weighted by atomic mass is 9.85. The van der Waals surface area contributed by atoms with Crippen LogP contribution in [0.5, 0.6) is 0 Å². The molecule has 0 N–H and O–H groups in total. The van der Waals surface area contributed by atoms with Crippen molar-refractivity contribution in [2.75, 3.05) is 0 Å². The number of pyridine rings is 1. The summed E-state index contributed by atoms with van der Waals surface area (Å²) in [6.45, 7) is 0. The summed E-state index contributed by atoms with van der Waals surface area (Å²) < 4.78 is 12.9. The molecule has 1 aliphatic rings. The molecule has 0 aliphatic heterocycles. The number of para-hydroxylation sites is 3. The van der Waals surface area contributed by atoms with Crippen LogP contribution in [0.3, 0.4) is 0 Å². The first-order valence-electron chi connectivity index (χ1n) is 14.1. The molecule has 0 spiro atoms. The number of hydrogen-bond acceptors (Lipinski definition) is 3. The minimum absolute atomic E-state index is 0.797. The summed E-state index contributed by atoms with van der Waals surface area (Å²) in [7, 11) is 0. The lowest BCUT2D eigenvalue weighted by molar-refractivity contribution is 0.356. The molecule has 190 valence electrons. The quantitative estimate of drug-likeness (QED) is 0.238. The largest absolute Gasteiger partial charge is 0.455 e. The molecule has 3 nitrogen and oxygen atoms in total. The van der Waals surface area contributed by atoms with Crippen molar-refractivity contribution in [2.45, 2.75) is 38.5 Å². The normalized spacial score (nSPS) is 14.7. The highest BCUT2D eigenvalue weighted by molar-refractivity contribution is 6.12. The van der Waals surface area contributed by atoms with E-state index in [-0.39, 0.29) is 0 Å². The highest BCUT2D eigenvalue weighted by atomic mass is 16.3. The number of aromatic nitrogens is 1. The molecule has 3 heteroatoms. The van der Waals surface area contributed by atoms with Gasteiger partial charge in [0.25, 0.3) is 0 Å². The van der Waals surface area contributed by atoms with Gasteiger partial charge in [-0.3, -0.25) is 4.98 Å². The van der Waals surface area contributed by atoms with Crippen LogP contribution >= 0.6 is 0 Å². The molecule has 3 heterocycles. The van der Waals surface area contributed by atoms with Gasteiger partial charge in [-0.1, -0.05) is 86.7 Å². The van der Waals surface area contributed by atoms with Gasteiger partial charge in [0.15, 0.2) is 0 Å². The third-order valence-electron chi connectivity index (χ3n) is 8.56. The molecule has 0 saturated heterocycles. The summed E-state index contributed by atoms with van der Waals surface area (Å²) in [4.78, 5) is 4.77. The second kappa shape index (κ2) is 9.13. The van der Waals surface area contributed by atoms with Crippen molar-refractivity contribution in [2.24, 2.45) is 5.92 Å². The molecule has 0 bridgehead atoms. The SMILES string of the molecule is c1ccc2c(c1)oc1c(-c3ccc4c(c3)oc3c(-c5cc(CC6CCCCC6)ccn5)cccc34)cccc12. The molecule has 0 amide bonds. The van der Waals surface area contributed by atoms with Crippen molar-refractivity contribution in [1.82, 2.24) is 4.98 Å². The van der Waals surface area contributed by atoms with Gasteiger partial charge in [-0.15, -0.1) is 0 Å². The summed E-state index contributed by atoms with van der Waals surface area (Å²) in [6, 6.07) is 31.9. The van der Waals surface area contributed by atoms with Gasteiger partial charge in [0.2, 0.25) is 0 Å². The molecule has 1 saturated carbocycles. The summed E-state index contributed by atoms with van der Waals surface area (Å²) in [6.07, 6.45) is 9.92. The average molecular weight is 508 g/mol. The number of rotatable bonds is 4. The van der Waals surface area contributed by atoms with Gasteiger partial charge in [-0.2, -0.15) is 0 Å². The fourth-order valence-electron chi connectivity index (χ4n) is 6.62. The predicted octanol–water partition coefficient (Wildman–Crippen LogP) is 10.3. The van der Waals surface area contributed by atoms with Crippen LogP contribution in [0.25, 0.3) is 66.3 Å². The number of hydrogen-bond donors (Lipinski definition) is 0. The highest BCUT2D eigenvalue weighted by Crippen LogP contribution is 2.40. The summed E-state index contributed by atoms with van der Waals surface area (Å²) in [5.74, 6) is 0.797. The molecule has 4 aromatic carbocycles. The van der Waals surface area contributed by atoms with Crippen LogP contribution in [0.2, 0.25) is 0 Å². The highest BCUT2D eigenvalue weighted by Gasteiger charge is 2.18. The van der Waals surface area contributed by atoms with Gasteiger partial charge in [-0.05, 0) is 59.9 Å². The maximum absolute atomic E-state index is 6.59. The third-order valence-corrected chi connectivity index (χ3v) is 8.56. The van der Waals surface area contributed by atoms with Gasteiger partial charge >= 0.3 is 0 Å². The van der Waals surface area contributed by atoms with Crippen LogP contribution in [0, 0.1) is 5.92 Å². The van der Waals surface area contributed by atoms with Crippen molar-refractivity contribution in [3.8, 4) is 22.4 Å². The number of nitrogens with zero attached hydrogens (tertiary/aromatic N) is 1. The van der Waals surface area contributed by atoms with E-state index in [1.165, 1.54) is 37.7 Å². The standard InChI is InChI=1S/C36H29NO2/c1-2-8-23(9-3-1)20-24-18-19-37-32(21-24)31-14-7-13-30-28-17-16-25(22-34(28)39-36(30)31)26-11-6-12-29-27-10-4-5-15-33(27)38-35(26)29/h4-7,10-19,21-23H,1-3,8-9,20H2. The van der Waals surface area contributed by atoms with E-state index in [4.69, 9.17) is 13.8 Å². The van der Waals surface area contributed by atoms with Crippen LogP contribution in [-0.4, -0.2) is 4.98 Å². The van der Waals surface area contributed by atoms with Crippen LogP contribution in [0.15, 0.2) is 106 Å². The minimum Gasteiger partial charge on any atom is -0.455 e. The Hall–Kier alpha value is -4.37. The summed E-state index contributed by atoms with van der Waals surface area (Å²) in [5, 5.41) is 4.51. The molecule has 0 radical (unpaired) electrons. The molecular formula is C36H29NO2. The Morgan fingerprint density at radius 2 is 1.33 bits per heavy atom. The Kier molecular flexibility index (Phi) is 5.29. The maximum Gasteiger partial charge on any atom is 0.144 e. The average Bonchev–Trinajstić information content (AvgIpc) is 3.56. The van der Waals surface area contributed by atoms with Crippen LogP contribution in [0.1, 0.15) is 37.7 Å². The maximum atomic E-state index is 6.59. The Balaban J connectivity index is 1.22. The van der Waals surface area contributed by atoms with Crippen molar-refractivity contribution < 1.29 is 8.83 Å². The third kappa shape index (κ3) is 3.84. The first-order valence-corrected chi connectivity index (χ1v) is 14.1. The van der Waals surface area contributed by atoms with E-state index >= 15 is 0 Å². The number of benzene rings is 4. The van der Waals surface area contributed by atoms with E-state index in [0.717, 1.165) is 78.6 Å². The van der Waals surface area contributed by atoms with Crippen LogP contribution in [-0.2, 0) is 6.42 Å². The Bertz CT molecular complexity index is 1990. The van der Waals surface area contributed by atoms with E-state index in [0.29, 0.717) is 0 Å². The van der Waals surface area contributed by atoms with E-state index in [2.05, 4.69) is 78.9 Å². The van der Waals surface area contributed by atoms with E-state index < -0.39 is 0 Å². The molecular weight excluding hydrogens is 478 g/mol. The zero-order chi connectivity index (χ0) is 25.8. The monoisotopic (exact) mass is 507 g/mol. The molecule has 1 aliphatic carbocycles. The Labute approximate surface area is 227 Å². The molecule has 1 fully saturated rings. The van der Waals surface area contributed by atoms with Crippen LogP contribution in [0.4, 0.5) is 0 Å². The van der Waals surface area contributed by atoms with Crippen LogP contribution < -0.4 is 0 Å². The van der Waals surface area contributed by atoms with Gasteiger partial charge in [0.1, 0.15) is 22.3 Å². The Morgan fingerprint density at radius 3 is 2.21 bits per heavy atom. The zero-order valence-electron chi connectivity index (χ0n) is 21.8. The van der Waals surface area contributed by atoms with Crippen molar-refractivity contribution >= 4 is 43.9 Å². The minimum atomic E-state index is 0.797. The van der Waals surface area contributed by atoms with Gasteiger partial charge in [0, 0.05) is 38.9 Å². The smallest absolute Gasteiger partial charge is 0.144 e. The topological polar surface area (TPSA) is 39.2 Å². The van der Waals surface area contributed by atoms with Gasteiger partial charge < -0.3 is 8.83 Å². The molecule has 39 heavy (non-hydrogen) atoms. The number of fused-ring (bicyclic) bond motifs is 6. The zero-order valence-corrected chi connectivity index (χ0v) is 21.8. The lowest BCUT2D eigenvalue weighted by Crippen LogP contribution is -2.09. The first kappa shape index (κ1) is 22.6. The molecule has 0 unspecified atom stereocenters. The van der Waals surface area contributed by atoms with E-state index in [1.54, 1.807) is 0 Å². The predicted molar refractivity (Wildman–Crippen MR) is 160 cm³/mol. The summed E-state index contributed by atoms with van der Waals surface area (Å²) in [5.41, 5.74) is 9.16. The molecule has 8 rings (SSSR count). The Morgan fingerprint density at radius 1 is 0.615 bits per heavy atom. The molecule has 3 aromatic heterocycles. The second-order valence-corrected chi connectivity index (χ2v) is 11.0. The summed E-state index contributed by atoms with van der Waals surface area (Å²) >= 11 is 0. The van der Waals surface area contributed by atoms with Gasteiger partial charge in [-0.25, -0.2) is 0 Å². The van der Waals surface area contributed by atoms with Crippen molar-refractivity contribution in [3.05, 3.63) is 103 Å². The van der Waals surface area contributed by atoms with E-state index in [9.17, 15) is 0 Å². The fourth-order valence-corrected chi connectivity index (χ4v) is 6.62. The van der Waals surface area contributed by atoms with E-state index in [1.807, 2.05) is 18.3 Å². The molecule has 7 aromatic rings.